The fraction of sp³-hybridized carbons (Fsp3) is 0.500. The molecule has 1 fully saturated rings. The monoisotopic (exact) mass is 316 g/mol. The maximum atomic E-state index is 13.7. The van der Waals surface area contributed by atoms with Crippen LogP contribution in [0.5, 0.6) is 0 Å². The molecule has 1 aromatic rings. The Balaban J connectivity index is 2.27. The van der Waals surface area contributed by atoms with Gasteiger partial charge in [-0.25, -0.2) is 17.6 Å². The van der Waals surface area contributed by atoms with E-state index in [1.54, 1.807) is 0 Å². The van der Waals surface area contributed by atoms with Gasteiger partial charge in [-0.05, 0) is 38.3 Å². The van der Waals surface area contributed by atoms with Crippen molar-refractivity contribution in [2.75, 3.05) is 12.4 Å². The topological polar surface area (TPSA) is 80.7 Å². The van der Waals surface area contributed by atoms with Crippen molar-refractivity contribution in [3.05, 3.63) is 29.1 Å². The Labute approximate surface area is 122 Å². The first-order chi connectivity index (χ1) is 9.81. The molecule has 0 amide bonds. The molecule has 7 heteroatoms. The van der Waals surface area contributed by atoms with Gasteiger partial charge in [-0.2, -0.15) is 0 Å². The highest BCUT2D eigenvalue weighted by Crippen LogP contribution is 2.24. The summed E-state index contributed by atoms with van der Waals surface area (Å²) in [5, 5.41) is 8.91. The number of halogens is 1. The van der Waals surface area contributed by atoms with Crippen molar-refractivity contribution in [2.24, 2.45) is 0 Å². The van der Waals surface area contributed by atoms with Crippen molar-refractivity contribution >= 4 is 15.8 Å². The van der Waals surface area contributed by atoms with E-state index in [0.29, 0.717) is 13.0 Å². The Hall–Kier alpha value is -1.47. The number of carboxylic acids is 1. The minimum absolute atomic E-state index is 0.0488. The van der Waals surface area contributed by atoms with Gasteiger partial charge in [0.25, 0.3) is 0 Å². The summed E-state index contributed by atoms with van der Waals surface area (Å²) in [5.74, 6) is -2.36. The van der Waals surface area contributed by atoms with E-state index in [1.807, 2.05) is 0 Å². The quantitative estimate of drug-likeness (QED) is 0.900. The number of ether oxygens (including phenoxy) is 1. The van der Waals surface area contributed by atoms with Gasteiger partial charge in [0.15, 0.2) is 9.84 Å². The lowest BCUT2D eigenvalue weighted by atomic mass is 10.1. The van der Waals surface area contributed by atoms with Crippen molar-refractivity contribution in [3.63, 3.8) is 0 Å². The lowest BCUT2D eigenvalue weighted by Crippen LogP contribution is -2.16. The second kappa shape index (κ2) is 6.11. The molecule has 1 unspecified atom stereocenters. The minimum Gasteiger partial charge on any atom is -0.478 e. The Morgan fingerprint density at radius 1 is 1.48 bits per heavy atom. The number of carbonyl (C=O) groups is 1. The average molecular weight is 316 g/mol. The molecule has 1 saturated heterocycles. The summed E-state index contributed by atoms with van der Waals surface area (Å²) in [6.07, 6.45) is 1.97. The summed E-state index contributed by atoms with van der Waals surface area (Å²) in [5.41, 5.74) is -0.416. The van der Waals surface area contributed by atoms with Crippen LogP contribution >= 0.6 is 0 Å². The third-order valence-corrected chi connectivity index (χ3v) is 5.48. The van der Waals surface area contributed by atoms with E-state index in [4.69, 9.17) is 9.84 Å². The first-order valence-corrected chi connectivity index (χ1v) is 8.34. The molecule has 0 aromatic heterocycles. The van der Waals surface area contributed by atoms with Crippen molar-refractivity contribution in [2.45, 2.75) is 37.2 Å². The van der Waals surface area contributed by atoms with Gasteiger partial charge in [-0.15, -0.1) is 0 Å². The summed E-state index contributed by atoms with van der Waals surface area (Å²) in [7, 11) is -3.74. The number of carboxylic acid groups (broad SMARTS) is 1. The molecular weight excluding hydrogens is 299 g/mol. The second-order valence-corrected chi connectivity index (χ2v) is 7.21. The number of sulfone groups is 1. The van der Waals surface area contributed by atoms with Crippen LogP contribution < -0.4 is 0 Å². The smallest absolute Gasteiger partial charge is 0.335 e. The average Bonchev–Trinajstić information content (AvgIpc) is 2.92. The lowest BCUT2D eigenvalue weighted by molar-refractivity contribution is 0.0696. The molecule has 1 aliphatic rings. The Kier molecular flexibility index (Phi) is 4.63. The van der Waals surface area contributed by atoms with Crippen LogP contribution in [0.2, 0.25) is 0 Å². The van der Waals surface area contributed by atoms with Crippen LogP contribution in [-0.4, -0.2) is 38.0 Å². The van der Waals surface area contributed by atoms with Crippen LogP contribution in [0.1, 0.15) is 35.2 Å². The van der Waals surface area contributed by atoms with Gasteiger partial charge in [0.05, 0.1) is 22.3 Å². The zero-order valence-electron chi connectivity index (χ0n) is 11.6. The molecule has 0 radical (unpaired) electrons. The fourth-order valence-corrected chi connectivity index (χ4v) is 4.03. The molecule has 1 aromatic carbocycles. The summed E-state index contributed by atoms with van der Waals surface area (Å²) in [6, 6.07) is 1.85. The van der Waals surface area contributed by atoms with Crippen molar-refractivity contribution in [3.8, 4) is 0 Å². The van der Waals surface area contributed by atoms with Crippen molar-refractivity contribution in [1.29, 1.82) is 0 Å². The number of hydrogen-bond donors (Lipinski definition) is 1. The van der Waals surface area contributed by atoms with Gasteiger partial charge in [-0.3, -0.25) is 0 Å². The molecule has 2 rings (SSSR count). The zero-order valence-corrected chi connectivity index (χ0v) is 12.5. The number of hydrogen-bond acceptors (Lipinski definition) is 4. The minimum atomic E-state index is -3.74. The van der Waals surface area contributed by atoms with Crippen LogP contribution in [0.25, 0.3) is 0 Å². The molecule has 1 aliphatic heterocycles. The summed E-state index contributed by atoms with van der Waals surface area (Å²) >= 11 is 0. The van der Waals surface area contributed by atoms with E-state index in [9.17, 15) is 17.6 Å². The van der Waals surface area contributed by atoms with Crippen LogP contribution in [0, 0.1) is 12.7 Å². The Bertz CT molecular complexity index is 648. The van der Waals surface area contributed by atoms with Gasteiger partial charge < -0.3 is 9.84 Å². The Morgan fingerprint density at radius 3 is 2.76 bits per heavy atom. The first-order valence-electron chi connectivity index (χ1n) is 6.69. The highest BCUT2D eigenvalue weighted by Gasteiger charge is 2.24. The van der Waals surface area contributed by atoms with Gasteiger partial charge in [0.1, 0.15) is 5.82 Å². The number of aromatic carboxylic acids is 1. The summed E-state index contributed by atoms with van der Waals surface area (Å²) < 4.78 is 43.7. The van der Waals surface area contributed by atoms with E-state index < -0.39 is 21.6 Å². The molecular formula is C14H17FO5S. The van der Waals surface area contributed by atoms with Gasteiger partial charge in [-0.1, -0.05) is 0 Å². The molecule has 0 aliphatic carbocycles. The van der Waals surface area contributed by atoms with E-state index in [2.05, 4.69) is 0 Å². The molecule has 5 nitrogen and oxygen atoms in total. The first kappa shape index (κ1) is 15.9. The highest BCUT2D eigenvalue weighted by molar-refractivity contribution is 7.91. The van der Waals surface area contributed by atoms with Crippen LogP contribution in [-0.2, 0) is 14.6 Å². The highest BCUT2D eigenvalue weighted by atomic mass is 32.2. The maximum Gasteiger partial charge on any atom is 0.335 e. The molecule has 0 saturated carbocycles. The molecule has 1 atom stereocenters. The van der Waals surface area contributed by atoms with E-state index in [-0.39, 0.29) is 27.9 Å². The van der Waals surface area contributed by atoms with Crippen LogP contribution in [0.4, 0.5) is 4.39 Å². The fourth-order valence-electron chi connectivity index (χ4n) is 2.37. The SMILES string of the molecule is Cc1c(F)cc(C(=O)O)cc1S(=O)(=O)CCC1CCCO1. The molecule has 21 heavy (non-hydrogen) atoms. The molecule has 1 N–H and O–H groups in total. The molecule has 0 bridgehead atoms. The van der Waals surface area contributed by atoms with E-state index in [0.717, 1.165) is 25.0 Å². The molecule has 116 valence electrons. The normalized spacial score (nSPS) is 18.9. The van der Waals surface area contributed by atoms with E-state index >= 15 is 0 Å². The lowest BCUT2D eigenvalue weighted by Gasteiger charge is -2.12. The summed E-state index contributed by atoms with van der Waals surface area (Å²) in [4.78, 5) is 10.7. The predicted octanol–water partition coefficient (Wildman–Crippen LogP) is 2.18. The second-order valence-electron chi connectivity index (χ2n) is 5.13. The number of rotatable bonds is 5. The number of benzene rings is 1. The van der Waals surface area contributed by atoms with Gasteiger partial charge in [0.2, 0.25) is 0 Å². The van der Waals surface area contributed by atoms with Crippen LogP contribution in [0.15, 0.2) is 17.0 Å². The molecule has 1 heterocycles. The largest absolute Gasteiger partial charge is 0.478 e. The predicted molar refractivity (Wildman–Crippen MR) is 73.7 cm³/mol. The maximum absolute atomic E-state index is 13.7. The Morgan fingerprint density at radius 2 is 2.19 bits per heavy atom. The van der Waals surface area contributed by atoms with Crippen molar-refractivity contribution in [1.82, 2.24) is 0 Å². The molecule has 0 spiro atoms. The van der Waals surface area contributed by atoms with E-state index in [1.165, 1.54) is 6.92 Å². The third kappa shape index (κ3) is 3.59. The zero-order chi connectivity index (χ0) is 15.6. The third-order valence-electron chi connectivity index (χ3n) is 3.61. The van der Waals surface area contributed by atoms with Gasteiger partial charge >= 0.3 is 5.97 Å². The van der Waals surface area contributed by atoms with Crippen LogP contribution in [0.3, 0.4) is 0 Å². The summed E-state index contributed by atoms with van der Waals surface area (Å²) in [6.45, 7) is 1.97. The van der Waals surface area contributed by atoms with Gasteiger partial charge in [0, 0.05) is 12.2 Å². The standard InChI is InChI=1S/C14H17FO5S/c1-9-12(15)7-10(14(16)17)8-13(9)21(18,19)6-4-11-3-2-5-20-11/h7-8,11H,2-6H2,1H3,(H,16,17). The van der Waals surface area contributed by atoms with Crippen molar-refractivity contribution < 1.29 is 27.4 Å².